The van der Waals surface area contributed by atoms with E-state index < -0.39 is 4.92 Å². The number of amides is 1. The molecule has 98 valence electrons. The largest absolute Gasteiger partial charge is 0.332 e. The normalized spacial score (nSPS) is 10.5. The van der Waals surface area contributed by atoms with Crippen LogP contribution in [-0.2, 0) is 4.79 Å². The number of nitro groups is 1. The zero-order chi connectivity index (χ0) is 13.9. The lowest BCUT2D eigenvalue weighted by Crippen LogP contribution is -3.06. The van der Waals surface area contributed by atoms with Gasteiger partial charge in [-0.3, -0.25) is 14.9 Å². The van der Waals surface area contributed by atoms with Crippen molar-refractivity contribution in [2.75, 3.05) is 26.0 Å². The zero-order valence-electron chi connectivity index (χ0n) is 9.79. The molecule has 1 aromatic rings. The molecule has 0 aliphatic heterocycles. The van der Waals surface area contributed by atoms with Gasteiger partial charge in [-0.15, -0.1) is 0 Å². The zero-order valence-corrected chi connectivity index (χ0v) is 11.3. The molecule has 0 atom stereocenters. The van der Waals surface area contributed by atoms with Crippen LogP contribution in [0, 0.1) is 10.1 Å². The highest BCUT2D eigenvalue weighted by atomic mass is 35.5. The highest BCUT2D eigenvalue weighted by Crippen LogP contribution is 2.34. The molecule has 0 aromatic heterocycles. The van der Waals surface area contributed by atoms with Crippen molar-refractivity contribution in [3.63, 3.8) is 0 Å². The van der Waals surface area contributed by atoms with Crippen molar-refractivity contribution < 1.29 is 14.6 Å². The number of benzene rings is 1. The summed E-state index contributed by atoms with van der Waals surface area (Å²) in [4.78, 5) is 22.5. The molecule has 0 spiro atoms. The van der Waals surface area contributed by atoms with Gasteiger partial charge in [0.1, 0.15) is 0 Å². The summed E-state index contributed by atoms with van der Waals surface area (Å²) in [6, 6.07) is 2.29. The quantitative estimate of drug-likeness (QED) is 0.642. The third-order valence-electron chi connectivity index (χ3n) is 2.02. The van der Waals surface area contributed by atoms with Crippen LogP contribution in [0.2, 0.25) is 10.0 Å². The molecule has 0 bridgehead atoms. The highest BCUT2D eigenvalue weighted by molar-refractivity contribution is 6.40. The summed E-state index contributed by atoms with van der Waals surface area (Å²) in [5, 5.41) is 13.2. The van der Waals surface area contributed by atoms with E-state index in [0.717, 1.165) is 17.0 Å². The van der Waals surface area contributed by atoms with E-state index in [0.29, 0.717) is 0 Å². The van der Waals surface area contributed by atoms with Crippen LogP contribution in [0.3, 0.4) is 0 Å². The van der Waals surface area contributed by atoms with Crippen molar-refractivity contribution in [1.29, 1.82) is 0 Å². The molecular formula is C10H12Cl2N3O3+. The molecule has 0 heterocycles. The molecule has 0 aliphatic rings. The van der Waals surface area contributed by atoms with Crippen LogP contribution in [0.15, 0.2) is 12.1 Å². The molecule has 2 N–H and O–H groups in total. The van der Waals surface area contributed by atoms with Crippen molar-refractivity contribution in [2.45, 2.75) is 0 Å². The van der Waals surface area contributed by atoms with Gasteiger partial charge in [0.25, 0.3) is 11.6 Å². The summed E-state index contributed by atoms with van der Waals surface area (Å²) in [6.45, 7) is 0.240. The maximum atomic E-state index is 11.6. The topological polar surface area (TPSA) is 76.7 Å². The van der Waals surface area contributed by atoms with Crippen LogP contribution in [-0.4, -0.2) is 31.5 Å². The number of rotatable bonds is 4. The Balaban J connectivity index is 2.97. The molecule has 1 rings (SSSR count). The summed E-state index contributed by atoms with van der Waals surface area (Å²) in [6.07, 6.45) is 0. The third kappa shape index (κ3) is 3.83. The van der Waals surface area contributed by atoms with Gasteiger partial charge in [0.05, 0.1) is 34.8 Å². The van der Waals surface area contributed by atoms with E-state index in [4.69, 9.17) is 23.2 Å². The Morgan fingerprint density at radius 3 is 2.28 bits per heavy atom. The van der Waals surface area contributed by atoms with Gasteiger partial charge < -0.3 is 10.2 Å². The van der Waals surface area contributed by atoms with Crippen LogP contribution in [0.5, 0.6) is 0 Å². The predicted octanol–water partition coefficient (Wildman–Crippen LogP) is 0.985. The fraction of sp³-hybridized carbons (Fsp3) is 0.300. The number of carbonyl (C=O) groups is 1. The Labute approximate surface area is 114 Å². The van der Waals surface area contributed by atoms with Crippen LogP contribution in [0.4, 0.5) is 11.4 Å². The van der Waals surface area contributed by atoms with Gasteiger partial charge in [0.2, 0.25) is 0 Å². The number of non-ortho nitro benzene ring substituents is 1. The maximum Gasteiger partial charge on any atom is 0.279 e. The van der Waals surface area contributed by atoms with Crippen molar-refractivity contribution in [3.05, 3.63) is 32.3 Å². The first-order valence-electron chi connectivity index (χ1n) is 5.03. The average Bonchev–Trinajstić information content (AvgIpc) is 2.21. The first-order chi connectivity index (χ1) is 8.31. The van der Waals surface area contributed by atoms with E-state index in [-0.39, 0.29) is 33.9 Å². The molecule has 1 amide bonds. The number of hydrogen-bond acceptors (Lipinski definition) is 3. The SMILES string of the molecule is C[NH+](C)CC(=O)Nc1c(Cl)cc([N+](=O)[O-])cc1Cl. The molecule has 6 nitrogen and oxygen atoms in total. The number of quaternary nitrogens is 1. The van der Waals surface area contributed by atoms with Crippen molar-refractivity contribution in [3.8, 4) is 0 Å². The molecule has 0 fully saturated rings. The molecule has 18 heavy (non-hydrogen) atoms. The van der Waals surface area contributed by atoms with E-state index in [2.05, 4.69) is 5.32 Å². The maximum absolute atomic E-state index is 11.6. The molecule has 0 aliphatic carbocycles. The van der Waals surface area contributed by atoms with Crippen LogP contribution >= 0.6 is 23.2 Å². The minimum atomic E-state index is -0.604. The number of nitrogens with one attached hydrogen (secondary N) is 2. The first kappa shape index (κ1) is 14.7. The van der Waals surface area contributed by atoms with Gasteiger partial charge in [0, 0.05) is 12.1 Å². The molecule has 0 radical (unpaired) electrons. The summed E-state index contributed by atoms with van der Waals surface area (Å²) in [5.41, 5.74) is -0.0311. The van der Waals surface area contributed by atoms with Gasteiger partial charge in [-0.1, -0.05) is 23.2 Å². The Kier molecular flexibility index (Phi) is 4.89. The lowest BCUT2D eigenvalue weighted by Gasteiger charge is -2.10. The Bertz CT molecular complexity index is 468. The van der Waals surface area contributed by atoms with Crippen molar-refractivity contribution in [2.24, 2.45) is 0 Å². The number of nitrogens with zero attached hydrogens (tertiary/aromatic N) is 1. The monoisotopic (exact) mass is 292 g/mol. The summed E-state index contributed by atoms with van der Waals surface area (Å²) in [7, 11) is 3.64. The van der Waals surface area contributed by atoms with Crippen LogP contribution < -0.4 is 10.2 Å². The average molecular weight is 293 g/mol. The Morgan fingerprint density at radius 2 is 1.89 bits per heavy atom. The fourth-order valence-electron chi connectivity index (χ4n) is 1.29. The van der Waals surface area contributed by atoms with E-state index >= 15 is 0 Å². The van der Waals surface area contributed by atoms with E-state index in [9.17, 15) is 14.9 Å². The number of hydrogen-bond donors (Lipinski definition) is 2. The predicted molar refractivity (Wildman–Crippen MR) is 69.4 cm³/mol. The highest BCUT2D eigenvalue weighted by Gasteiger charge is 2.17. The second-order valence-electron chi connectivity index (χ2n) is 3.97. The van der Waals surface area contributed by atoms with Gasteiger partial charge in [-0.2, -0.15) is 0 Å². The number of anilines is 1. The first-order valence-corrected chi connectivity index (χ1v) is 5.79. The molecule has 0 saturated heterocycles. The Morgan fingerprint density at radius 1 is 1.39 bits per heavy atom. The van der Waals surface area contributed by atoms with Gasteiger partial charge >= 0.3 is 0 Å². The molecule has 0 saturated carbocycles. The van der Waals surface area contributed by atoms with E-state index in [1.165, 1.54) is 0 Å². The third-order valence-corrected chi connectivity index (χ3v) is 2.61. The minimum Gasteiger partial charge on any atom is -0.332 e. The fourth-order valence-corrected chi connectivity index (χ4v) is 1.86. The minimum absolute atomic E-state index is 0.0382. The number of nitro benzene ring substituents is 1. The van der Waals surface area contributed by atoms with Crippen LogP contribution in [0.25, 0.3) is 0 Å². The lowest BCUT2D eigenvalue weighted by molar-refractivity contribution is -0.849. The van der Waals surface area contributed by atoms with Crippen molar-refractivity contribution >= 4 is 40.5 Å². The number of likely N-dealkylation sites (N-methyl/N-ethyl adjacent to an activating group) is 1. The van der Waals surface area contributed by atoms with Gasteiger partial charge in [-0.05, 0) is 0 Å². The molecule has 1 aromatic carbocycles. The number of halogens is 2. The standard InChI is InChI=1S/C10H11Cl2N3O3/c1-14(2)5-9(16)13-10-7(11)3-6(15(17)18)4-8(10)12/h3-4H,5H2,1-2H3,(H,13,16)/p+1. The molecular weight excluding hydrogens is 281 g/mol. The second kappa shape index (κ2) is 5.99. The van der Waals surface area contributed by atoms with E-state index in [1.54, 1.807) is 0 Å². The molecule has 8 heteroatoms. The lowest BCUT2D eigenvalue weighted by atomic mass is 10.2. The smallest absolute Gasteiger partial charge is 0.279 e. The molecule has 0 unspecified atom stereocenters. The second-order valence-corrected chi connectivity index (χ2v) is 4.79. The summed E-state index contributed by atoms with van der Waals surface area (Å²) >= 11 is 11.7. The van der Waals surface area contributed by atoms with Crippen molar-refractivity contribution in [1.82, 2.24) is 0 Å². The van der Waals surface area contributed by atoms with Gasteiger partial charge in [0.15, 0.2) is 6.54 Å². The van der Waals surface area contributed by atoms with E-state index in [1.807, 2.05) is 14.1 Å². The van der Waals surface area contributed by atoms with Crippen LogP contribution in [0.1, 0.15) is 0 Å². The van der Waals surface area contributed by atoms with Gasteiger partial charge in [-0.25, -0.2) is 0 Å². The Hall–Kier alpha value is -1.37. The summed E-state index contributed by atoms with van der Waals surface area (Å²) in [5.74, 6) is -0.271. The number of carbonyl (C=O) groups excluding carboxylic acids is 1. The summed E-state index contributed by atoms with van der Waals surface area (Å²) < 4.78 is 0.